The Bertz CT molecular complexity index is 669. The monoisotopic (exact) mass is 231 g/mol. The van der Waals surface area contributed by atoms with Gasteiger partial charge in [-0.15, -0.1) is 26.9 Å². The maximum Gasteiger partial charge on any atom is 0.143 e. The van der Waals surface area contributed by atoms with Crippen LogP contribution in [0, 0.1) is 0 Å². The van der Waals surface area contributed by atoms with E-state index in [4.69, 9.17) is 11.6 Å². The summed E-state index contributed by atoms with van der Waals surface area (Å²) < 4.78 is 0. The molecular formula is C10H6ClN5. The minimum absolute atomic E-state index is 0.374. The highest BCUT2D eigenvalue weighted by molar-refractivity contribution is 6.18. The molecule has 0 atom stereocenters. The van der Waals surface area contributed by atoms with Gasteiger partial charge < -0.3 is 0 Å². The number of nitrogens with zero attached hydrogens (tertiary/aromatic N) is 5. The third-order valence-electron chi connectivity index (χ3n) is 2.38. The summed E-state index contributed by atoms with van der Waals surface area (Å²) in [5.74, 6) is 0.374. The summed E-state index contributed by atoms with van der Waals surface area (Å²) in [6, 6.07) is 5.68. The topological polar surface area (TPSA) is 64.5 Å². The van der Waals surface area contributed by atoms with Gasteiger partial charge in [-0.05, 0) is 22.9 Å². The minimum Gasteiger partial charge on any atom is -0.158 e. The van der Waals surface area contributed by atoms with Gasteiger partial charge in [0, 0.05) is 17.5 Å². The molecule has 78 valence electrons. The Morgan fingerprint density at radius 2 is 1.94 bits per heavy atom. The molecular weight excluding hydrogens is 226 g/mol. The molecule has 0 aliphatic rings. The first-order valence-corrected chi connectivity index (χ1v) is 5.22. The van der Waals surface area contributed by atoms with Crippen LogP contribution in [0.5, 0.6) is 0 Å². The number of rotatable bonds is 1. The summed E-state index contributed by atoms with van der Waals surface area (Å²) in [6.45, 7) is 0. The standard InChI is InChI=1S/C10H6ClN5/c11-5-7-4-6-2-1-3-12-13-8(6)10-9(7)14-16-15-10/h1-4H,5H2. The molecule has 0 spiro atoms. The van der Waals surface area contributed by atoms with E-state index in [2.05, 4.69) is 25.6 Å². The van der Waals surface area contributed by atoms with E-state index >= 15 is 0 Å². The highest BCUT2D eigenvalue weighted by atomic mass is 35.5. The van der Waals surface area contributed by atoms with Crippen LogP contribution in [0.4, 0.5) is 0 Å². The lowest BCUT2D eigenvalue weighted by molar-refractivity contribution is 0.957. The van der Waals surface area contributed by atoms with Crippen molar-refractivity contribution in [1.82, 2.24) is 25.6 Å². The van der Waals surface area contributed by atoms with E-state index < -0.39 is 0 Å². The quantitative estimate of drug-likeness (QED) is 0.597. The zero-order chi connectivity index (χ0) is 11.0. The highest BCUT2D eigenvalue weighted by Crippen LogP contribution is 2.24. The van der Waals surface area contributed by atoms with E-state index in [9.17, 15) is 0 Å². The van der Waals surface area contributed by atoms with Crippen molar-refractivity contribution in [2.75, 3.05) is 0 Å². The summed E-state index contributed by atoms with van der Waals surface area (Å²) in [5.41, 5.74) is 2.95. The van der Waals surface area contributed by atoms with E-state index in [1.54, 1.807) is 6.20 Å². The van der Waals surface area contributed by atoms with E-state index in [0.717, 1.165) is 10.9 Å². The third-order valence-corrected chi connectivity index (χ3v) is 2.66. The fourth-order valence-electron chi connectivity index (χ4n) is 1.65. The van der Waals surface area contributed by atoms with Crippen molar-refractivity contribution >= 4 is 33.5 Å². The number of fused-ring (bicyclic) bond motifs is 3. The second-order valence-corrected chi connectivity index (χ2v) is 3.58. The summed E-state index contributed by atoms with van der Waals surface area (Å²) in [5, 5.41) is 20.5. The van der Waals surface area contributed by atoms with Crippen molar-refractivity contribution in [1.29, 1.82) is 0 Å². The third kappa shape index (κ3) is 1.29. The Morgan fingerprint density at radius 1 is 1.06 bits per heavy atom. The molecule has 6 heteroatoms. The van der Waals surface area contributed by atoms with Crippen molar-refractivity contribution in [2.45, 2.75) is 5.88 Å². The average molecular weight is 232 g/mol. The molecule has 0 unspecified atom stereocenters. The fourth-order valence-corrected chi connectivity index (χ4v) is 1.86. The molecule has 2 heterocycles. The molecule has 0 saturated heterocycles. The number of hydrogen-bond acceptors (Lipinski definition) is 5. The molecule has 3 aromatic rings. The smallest absolute Gasteiger partial charge is 0.143 e. The highest BCUT2D eigenvalue weighted by Gasteiger charge is 2.10. The Kier molecular flexibility index (Phi) is 2.11. The summed E-state index contributed by atoms with van der Waals surface area (Å²) in [4.78, 5) is 0. The largest absolute Gasteiger partial charge is 0.158 e. The van der Waals surface area contributed by atoms with E-state index in [-0.39, 0.29) is 0 Å². The summed E-state index contributed by atoms with van der Waals surface area (Å²) in [7, 11) is 0. The maximum absolute atomic E-state index is 5.86. The van der Waals surface area contributed by atoms with Gasteiger partial charge in [-0.2, -0.15) is 5.10 Å². The van der Waals surface area contributed by atoms with Gasteiger partial charge in [0.05, 0.1) is 0 Å². The van der Waals surface area contributed by atoms with Crippen molar-refractivity contribution in [3.63, 3.8) is 0 Å². The van der Waals surface area contributed by atoms with Gasteiger partial charge in [0.1, 0.15) is 16.6 Å². The van der Waals surface area contributed by atoms with Crippen LogP contribution in [0.3, 0.4) is 0 Å². The van der Waals surface area contributed by atoms with Gasteiger partial charge in [-0.3, -0.25) is 0 Å². The van der Waals surface area contributed by atoms with Crippen LogP contribution >= 0.6 is 11.6 Å². The van der Waals surface area contributed by atoms with Crippen LogP contribution in [0.25, 0.3) is 21.9 Å². The van der Waals surface area contributed by atoms with E-state index in [1.165, 1.54) is 0 Å². The molecule has 5 nitrogen and oxygen atoms in total. The Balaban J connectivity index is 2.58. The van der Waals surface area contributed by atoms with Crippen molar-refractivity contribution in [3.8, 4) is 0 Å². The predicted molar refractivity (Wildman–Crippen MR) is 60.0 cm³/mol. The number of hydrogen-bond donors (Lipinski definition) is 0. The van der Waals surface area contributed by atoms with Gasteiger partial charge in [-0.1, -0.05) is 6.07 Å². The number of halogens is 1. The molecule has 16 heavy (non-hydrogen) atoms. The lowest BCUT2D eigenvalue weighted by Gasteiger charge is -1.97. The minimum atomic E-state index is 0.374. The SMILES string of the molecule is ClCc1cc2cccnnc2c2nnnc12. The van der Waals surface area contributed by atoms with Gasteiger partial charge >= 0.3 is 0 Å². The zero-order valence-electron chi connectivity index (χ0n) is 8.13. The molecule has 0 aliphatic heterocycles. The normalized spacial score (nSPS) is 11.1. The Morgan fingerprint density at radius 3 is 2.81 bits per heavy atom. The van der Waals surface area contributed by atoms with Crippen LogP contribution in [-0.2, 0) is 5.88 Å². The zero-order valence-corrected chi connectivity index (χ0v) is 8.89. The van der Waals surface area contributed by atoms with Gasteiger partial charge in [0.2, 0.25) is 0 Å². The maximum atomic E-state index is 5.86. The molecule has 0 amide bonds. The van der Waals surface area contributed by atoms with Crippen LogP contribution in [0.1, 0.15) is 5.56 Å². The van der Waals surface area contributed by atoms with Gasteiger partial charge in [-0.25, -0.2) is 0 Å². The van der Waals surface area contributed by atoms with Crippen LogP contribution in [0.15, 0.2) is 24.4 Å². The molecule has 0 aliphatic carbocycles. The van der Waals surface area contributed by atoms with Crippen molar-refractivity contribution in [3.05, 3.63) is 30.0 Å². The first-order valence-electron chi connectivity index (χ1n) is 4.68. The lowest BCUT2D eigenvalue weighted by Crippen LogP contribution is -1.85. The van der Waals surface area contributed by atoms with E-state index in [1.807, 2.05) is 18.2 Å². The first-order chi connectivity index (χ1) is 7.90. The van der Waals surface area contributed by atoms with E-state index in [0.29, 0.717) is 22.4 Å². The Labute approximate surface area is 95.5 Å². The van der Waals surface area contributed by atoms with Gasteiger partial charge in [0.25, 0.3) is 0 Å². The molecule has 0 radical (unpaired) electrons. The second-order valence-electron chi connectivity index (χ2n) is 3.32. The second kappa shape index (κ2) is 3.61. The molecule has 0 fully saturated rings. The molecule has 0 bridgehead atoms. The first kappa shape index (κ1) is 9.35. The van der Waals surface area contributed by atoms with Crippen molar-refractivity contribution in [2.24, 2.45) is 0 Å². The Hall–Kier alpha value is -1.88. The lowest BCUT2D eigenvalue weighted by atomic mass is 10.1. The molecule has 0 saturated carbocycles. The van der Waals surface area contributed by atoms with Gasteiger partial charge in [0.15, 0.2) is 0 Å². The van der Waals surface area contributed by atoms with Crippen LogP contribution in [-0.4, -0.2) is 25.6 Å². The molecule has 1 aromatic carbocycles. The number of alkyl halides is 1. The number of benzene rings is 1. The molecule has 2 aromatic heterocycles. The molecule has 3 rings (SSSR count). The predicted octanol–water partition coefficient (Wildman–Crippen LogP) is 1.71. The van der Waals surface area contributed by atoms with Crippen molar-refractivity contribution < 1.29 is 0 Å². The van der Waals surface area contributed by atoms with Crippen LogP contribution < -0.4 is 0 Å². The average Bonchev–Trinajstić information content (AvgIpc) is 2.67. The fraction of sp³-hybridized carbons (Fsp3) is 0.100. The molecule has 0 N–H and O–H groups in total. The summed E-state index contributed by atoms with van der Waals surface area (Å²) >= 11 is 5.86. The van der Waals surface area contributed by atoms with Crippen LogP contribution in [0.2, 0.25) is 0 Å². The number of aromatic nitrogens is 5. The summed E-state index contributed by atoms with van der Waals surface area (Å²) in [6.07, 6.45) is 1.62.